The predicted octanol–water partition coefficient (Wildman–Crippen LogP) is 3.86. The number of nitrogens with one attached hydrogen (secondary N) is 1. The molecule has 0 bridgehead atoms. The minimum atomic E-state index is -0.0319. The van der Waals surface area contributed by atoms with Crippen molar-refractivity contribution in [1.82, 2.24) is 5.32 Å². The monoisotopic (exact) mass is 311 g/mol. The van der Waals surface area contributed by atoms with Crippen LogP contribution in [-0.2, 0) is 4.79 Å². The minimum Gasteiger partial charge on any atom is -0.353 e. The standard InChI is InChI=1S/C15H22BrNO/c1-3-13(10-11-16)17-15(18)14(4-2)12-8-6-5-7-9-12/h5-9,13-14H,3-4,10-11H2,1-2H3,(H,17,18). The van der Waals surface area contributed by atoms with E-state index in [-0.39, 0.29) is 17.9 Å². The topological polar surface area (TPSA) is 29.1 Å². The fraction of sp³-hybridized carbons (Fsp3) is 0.533. The third-order valence-electron chi connectivity index (χ3n) is 3.22. The van der Waals surface area contributed by atoms with Gasteiger partial charge >= 0.3 is 0 Å². The molecule has 0 spiro atoms. The van der Waals surface area contributed by atoms with Gasteiger partial charge in [-0.3, -0.25) is 4.79 Å². The molecular weight excluding hydrogens is 290 g/mol. The summed E-state index contributed by atoms with van der Waals surface area (Å²) >= 11 is 3.43. The summed E-state index contributed by atoms with van der Waals surface area (Å²) in [4.78, 5) is 12.3. The number of alkyl halides is 1. The lowest BCUT2D eigenvalue weighted by Crippen LogP contribution is -2.37. The highest BCUT2D eigenvalue weighted by molar-refractivity contribution is 9.09. The quantitative estimate of drug-likeness (QED) is 0.761. The Kier molecular flexibility index (Phi) is 7.02. The van der Waals surface area contributed by atoms with Crippen LogP contribution in [0.3, 0.4) is 0 Å². The van der Waals surface area contributed by atoms with Crippen LogP contribution in [0.5, 0.6) is 0 Å². The van der Waals surface area contributed by atoms with Gasteiger partial charge in [0.25, 0.3) is 0 Å². The summed E-state index contributed by atoms with van der Waals surface area (Å²) in [7, 11) is 0. The zero-order valence-corrected chi connectivity index (χ0v) is 12.7. The Labute approximate surface area is 118 Å². The Morgan fingerprint density at radius 1 is 1.22 bits per heavy atom. The number of hydrogen-bond acceptors (Lipinski definition) is 1. The maximum atomic E-state index is 12.3. The van der Waals surface area contributed by atoms with Gasteiger partial charge in [-0.1, -0.05) is 60.1 Å². The van der Waals surface area contributed by atoms with Gasteiger partial charge < -0.3 is 5.32 Å². The SMILES string of the molecule is CCC(CCBr)NC(=O)C(CC)c1ccccc1. The highest BCUT2D eigenvalue weighted by atomic mass is 79.9. The number of hydrogen-bond donors (Lipinski definition) is 1. The van der Waals surface area contributed by atoms with Crippen LogP contribution >= 0.6 is 15.9 Å². The smallest absolute Gasteiger partial charge is 0.227 e. The molecule has 1 amide bonds. The highest BCUT2D eigenvalue weighted by Crippen LogP contribution is 2.19. The fourth-order valence-electron chi connectivity index (χ4n) is 2.07. The minimum absolute atomic E-state index is 0.0319. The number of carbonyl (C=O) groups is 1. The number of carbonyl (C=O) groups excluding carboxylic acids is 1. The number of amides is 1. The highest BCUT2D eigenvalue weighted by Gasteiger charge is 2.20. The van der Waals surface area contributed by atoms with E-state index in [4.69, 9.17) is 0 Å². The van der Waals surface area contributed by atoms with Gasteiger partial charge in [-0.25, -0.2) is 0 Å². The third-order valence-corrected chi connectivity index (χ3v) is 3.68. The molecule has 0 aliphatic carbocycles. The van der Waals surface area contributed by atoms with E-state index in [9.17, 15) is 4.79 Å². The van der Waals surface area contributed by atoms with Gasteiger partial charge in [-0.05, 0) is 24.8 Å². The normalized spacial score (nSPS) is 13.9. The van der Waals surface area contributed by atoms with Crippen LogP contribution < -0.4 is 5.32 Å². The summed E-state index contributed by atoms with van der Waals surface area (Å²) in [6.45, 7) is 4.17. The van der Waals surface area contributed by atoms with Crippen LogP contribution in [0, 0.1) is 0 Å². The molecule has 18 heavy (non-hydrogen) atoms. The first-order chi connectivity index (χ1) is 8.72. The lowest BCUT2D eigenvalue weighted by molar-refractivity contribution is -0.123. The van der Waals surface area contributed by atoms with Gasteiger partial charge in [0.1, 0.15) is 0 Å². The number of rotatable bonds is 7. The molecule has 1 aromatic rings. The number of halogens is 1. The molecule has 0 aliphatic heterocycles. The zero-order chi connectivity index (χ0) is 13.4. The molecule has 0 aliphatic rings. The van der Waals surface area contributed by atoms with E-state index in [0.29, 0.717) is 0 Å². The van der Waals surface area contributed by atoms with E-state index in [1.807, 2.05) is 30.3 Å². The van der Waals surface area contributed by atoms with Crippen molar-refractivity contribution in [1.29, 1.82) is 0 Å². The van der Waals surface area contributed by atoms with Crippen LogP contribution in [0.1, 0.15) is 44.6 Å². The van der Waals surface area contributed by atoms with Gasteiger partial charge in [0.2, 0.25) is 5.91 Å². The van der Waals surface area contributed by atoms with Gasteiger partial charge in [0.05, 0.1) is 5.92 Å². The molecule has 1 aromatic carbocycles. The van der Waals surface area contributed by atoms with Crippen LogP contribution in [0.4, 0.5) is 0 Å². The van der Waals surface area contributed by atoms with Crippen molar-refractivity contribution < 1.29 is 4.79 Å². The van der Waals surface area contributed by atoms with E-state index in [1.54, 1.807) is 0 Å². The van der Waals surface area contributed by atoms with Crippen LogP contribution in [-0.4, -0.2) is 17.3 Å². The Hall–Kier alpha value is -0.830. The van der Waals surface area contributed by atoms with Crippen LogP contribution in [0.25, 0.3) is 0 Å². The summed E-state index contributed by atoms with van der Waals surface area (Å²) in [5.41, 5.74) is 1.10. The molecule has 2 atom stereocenters. The number of benzene rings is 1. The first kappa shape index (κ1) is 15.2. The molecule has 0 fully saturated rings. The van der Waals surface area contributed by atoms with E-state index >= 15 is 0 Å². The van der Waals surface area contributed by atoms with Crippen molar-refractivity contribution in [3.8, 4) is 0 Å². The predicted molar refractivity (Wildman–Crippen MR) is 80.1 cm³/mol. The Bertz CT molecular complexity index is 353. The van der Waals surface area contributed by atoms with E-state index in [1.165, 1.54) is 0 Å². The van der Waals surface area contributed by atoms with E-state index < -0.39 is 0 Å². The molecule has 1 rings (SSSR count). The average Bonchev–Trinajstić information content (AvgIpc) is 2.40. The second-order valence-corrected chi connectivity index (χ2v) is 5.26. The van der Waals surface area contributed by atoms with Gasteiger partial charge in [0, 0.05) is 11.4 Å². The Morgan fingerprint density at radius 2 is 1.89 bits per heavy atom. The van der Waals surface area contributed by atoms with Gasteiger partial charge in [0.15, 0.2) is 0 Å². The molecule has 0 saturated carbocycles. The Morgan fingerprint density at radius 3 is 2.39 bits per heavy atom. The summed E-state index contributed by atoms with van der Waals surface area (Å²) < 4.78 is 0. The van der Waals surface area contributed by atoms with Gasteiger partial charge in [-0.15, -0.1) is 0 Å². The molecule has 0 radical (unpaired) electrons. The second kappa shape index (κ2) is 8.30. The average molecular weight is 312 g/mol. The van der Waals surface area contributed by atoms with E-state index in [0.717, 1.165) is 30.2 Å². The molecule has 100 valence electrons. The molecule has 0 aromatic heterocycles. The fourth-order valence-corrected chi connectivity index (χ4v) is 2.62. The first-order valence-corrected chi connectivity index (χ1v) is 7.76. The van der Waals surface area contributed by atoms with Crippen molar-refractivity contribution in [2.24, 2.45) is 0 Å². The lowest BCUT2D eigenvalue weighted by Gasteiger charge is -2.21. The summed E-state index contributed by atoms with van der Waals surface area (Å²) in [6, 6.07) is 10.3. The lowest BCUT2D eigenvalue weighted by atomic mass is 9.95. The van der Waals surface area contributed by atoms with Crippen molar-refractivity contribution in [3.63, 3.8) is 0 Å². The summed E-state index contributed by atoms with van der Waals surface area (Å²) in [5, 5.41) is 4.07. The molecule has 2 nitrogen and oxygen atoms in total. The molecule has 0 heterocycles. The molecule has 1 N–H and O–H groups in total. The zero-order valence-electron chi connectivity index (χ0n) is 11.2. The van der Waals surface area contributed by atoms with Crippen molar-refractivity contribution in [2.75, 3.05) is 5.33 Å². The molecule has 3 heteroatoms. The van der Waals surface area contributed by atoms with Crippen molar-refractivity contribution in [2.45, 2.75) is 45.1 Å². The maximum Gasteiger partial charge on any atom is 0.227 e. The summed E-state index contributed by atoms with van der Waals surface area (Å²) in [6.07, 6.45) is 2.79. The molecular formula is C15H22BrNO. The second-order valence-electron chi connectivity index (χ2n) is 4.46. The first-order valence-electron chi connectivity index (χ1n) is 6.64. The van der Waals surface area contributed by atoms with Crippen molar-refractivity contribution >= 4 is 21.8 Å². The van der Waals surface area contributed by atoms with Crippen molar-refractivity contribution in [3.05, 3.63) is 35.9 Å². The third kappa shape index (κ3) is 4.45. The molecule has 2 unspecified atom stereocenters. The molecule has 0 saturated heterocycles. The van der Waals surface area contributed by atoms with Crippen LogP contribution in [0.15, 0.2) is 30.3 Å². The largest absolute Gasteiger partial charge is 0.353 e. The summed E-state index contributed by atoms with van der Waals surface area (Å²) in [5.74, 6) is 0.118. The van der Waals surface area contributed by atoms with Gasteiger partial charge in [-0.2, -0.15) is 0 Å². The van der Waals surface area contributed by atoms with Crippen LogP contribution in [0.2, 0.25) is 0 Å². The Balaban J connectivity index is 2.68. The maximum absolute atomic E-state index is 12.3. The van der Waals surface area contributed by atoms with E-state index in [2.05, 4.69) is 35.1 Å².